The second-order valence-electron chi connectivity index (χ2n) is 10.2. The summed E-state index contributed by atoms with van der Waals surface area (Å²) in [5, 5.41) is 15.1. The molecule has 1 aromatic heterocycles. The molecule has 1 saturated heterocycles. The molecule has 2 aromatic carbocycles. The van der Waals surface area contributed by atoms with Crippen LogP contribution < -0.4 is 4.74 Å². The number of carbonyl (C=O) groups is 1. The Morgan fingerprint density at radius 3 is 2.69 bits per heavy atom. The molecule has 7 heteroatoms. The molecule has 3 heterocycles. The number of hydrogen-bond donors (Lipinski definition) is 1. The number of amides is 1. The number of aliphatic hydroxyl groups is 1. The number of aryl methyl sites for hydroxylation is 2. The lowest BCUT2D eigenvalue weighted by atomic mass is 10.0. The molecule has 1 amide bonds. The van der Waals surface area contributed by atoms with Crippen molar-refractivity contribution in [2.45, 2.75) is 58.8 Å². The average molecular weight is 489 g/mol. The van der Waals surface area contributed by atoms with Crippen LogP contribution in [0.3, 0.4) is 0 Å². The number of nitrogens with zero attached hydrogens (tertiary/aromatic N) is 4. The first-order valence-corrected chi connectivity index (χ1v) is 12.9. The van der Waals surface area contributed by atoms with Gasteiger partial charge in [-0.1, -0.05) is 30.3 Å². The Morgan fingerprint density at radius 2 is 1.92 bits per heavy atom. The lowest BCUT2D eigenvalue weighted by Crippen LogP contribution is -2.43. The van der Waals surface area contributed by atoms with Crippen LogP contribution in [0.5, 0.6) is 5.75 Å². The highest BCUT2D eigenvalue weighted by Crippen LogP contribution is 2.27. The molecule has 0 saturated carbocycles. The molecule has 7 nitrogen and oxygen atoms in total. The molecule has 0 aliphatic carbocycles. The van der Waals surface area contributed by atoms with Gasteiger partial charge in [0.25, 0.3) is 5.91 Å². The Hall–Kier alpha value is -3.16. The summed E-state index contributed by atoms with van der Waals surface area (Å²) in [6.45, 7) is 8.38. The predicted molar refractivity (Wildman–Crippen MR) is 139 cm³/mol. The molecule has 36 heavy (non-hydrogen) atoms. The van der Waals surface area contributed by atoms with Crippen LogP contribution in [0.15, 0.2) is 42.5 Å². The number of benzene rings is 2. The Kier molecular flexibility index (Phi) is 7.12. The van der Waals surface area contributed by atoms with E-state index in [4.69, 9.17) is 9.84 Å². The van der Waals surface area contributed by atoms with Crippen molar-refractivity contribution in [1.82, 2.24) is 19.6 Å². The molecule has 0 radical (unpaired) electrons. The van der Waals surface area contributed by atoms with Gasteiger partial charge in [0.2, 0.25) is 0 Å². The van der Waals surface area contributed by atoms with E-state index in [-0.39, 0.29) is 5.91 Å². The Balaban J connectivity index is 1.44. The van der Waals surface area contributed by atoms with Gasteiger partial charge < -0.3 is 14.7 Å². The van der Waals surface area contributed by atoms with Crippen molar-refractivity contribution >= 4 is 5.91 Å². The lowest BCUT2D eigenvalue weighted by Gasteiger charge is -2.31. The molecule has 1 atom stereocenters. The molecule has 2 aliphatic rings. The van der Waals surface area contributed by atoms with E-state index in [0.29, 0.717) is 31.9 Å². The van der Waals surface area contributed by atoms with E-state index in [2.05, 4.69) is 43.0 Å². The smallest absolute Gasteiger partial charge is 0.274 e. The fourth-order valence-electron chi connectivity index (χ4n) is 5.38. The number of carbonyl (C=O) groups excluding carboxylic acids is 1. The summed E-state index contributed by atoms with van der Waals surface area (Å²) in [5.74, 6) is 0.745. The van der Waals surface area contributed by atoms with Crippen molar-refractivity contribution in [3.63, 3.8) is 0 Å². The van der Waals surface area contributed by atoms with E-state index in [1.165, 1.54) is 16.7 Å². The minimum atomic E-state index is -0.460. The fraction of sp³-hybridized carbons (Fsp3) is 0.448. The first kappa shape index (κ1) is 24.5. The average Bonchev–Trinajstić information content (AvgIpc) is 3.23. The number of fused-ring (bicyclic) bond motifs is 1. The van der Waals surface area contributed by atoms with E-state index in [1.807, 2.05) is 22.9 Å². The highest BCUT2D eigenvalue weighted by atomic mass is 16.5. The topological polar surface area (TPSA) is 70.8 Å². The number of piperidine rings is 1. The summed E-state index contributed by atoms with van der Waals surface area (Å²) in [4.78, 5) is 17.8. The first-order chi connectivity index (χ1) is 17.4. The third-order valence-corrected chi connectivity index (χ3v) is 7.54. The zero-order chi connectivity index (χ0) is 25.2. The van der Waals surface area contributed by atoms with Gasteiger partial charge in [0.15, 0.2) is 5.69 Å². The minimum absolute atomic E-state index is 0.0672. The van der Waals surface area contributed by atoms with Crippen LogP contribution in [0.1, 0.15) is 56.8 Å². The summed E-state index contributed by atoms with van der Waals surface area (Å²) >= 11 is 0. The Morgan fingerprint density at radius 1 is 1.08 bits per heavy atom. The zero-order valence-electron chi connectivity index (χ0n) is 21.5. The third-order valence-electron chi connectivity index (χ3n) is 7.54. The molecular weight excluding hydrogens is 452 g/mol. The van der Waals surface area contributed by atoms with Crippen LogP contribution in [0.2, 0.25) is 0 Å². The van der Waals surface area contributed by atoms with Gasteiger partial charge in [0, 0.05) is 50.4 Å². The molecule has 190 valence electrons. The molecular formula is C29H36N4O3. The maximum atomic E-state index is 13.6. The van der Waals surface area contributed by atoms with E-state index < -0.39 is 6.10 Å². The number of methoxy groups -OCH3 is 1. The maximum absolute atomic E-state index is 13.6. The van der Waals surface area contributed by atoms with Gasteiger partial charge in [-0.2, -0.15) is 5.10 Å². The second-order valence-corrected chi connectivity index (χ2v) is 10.2. The van der Waals surface area contributed by atoms with Gasteiger partial charge in [0.05, 0.1) is 19.8 Å². The van der Waals surface area contributed by atoms with Gasteiger partial charge in [0.1, 0.15) is 5.75 Å². The van der Waals surface area contributed by atoms with Gasteiger partial charge in [-0.25, -0.2) is 0 Å². The van der Waals surface area contributed by atoms with Crippen LogP contribution in [0, 0.1) is 13.8 Å². The van der Waals surface area contributed by atoms with E-state index >= 15 is 0 Å². The van der Waals surface area contributed by atoms with Crippen molar-refractivity contribution in [3.05, 3.63) is 81.7 Å². The third kappa shape index (κ3) is 5.18. The monoisotopic (exact) mass is 488 g/mol. The highest BCUT2D eigenvalue weighted by molar-refractivity contribution is 5.94. The SMILES string of the molecule is COc1cccc(Cn2nc(C(=O)N3CCC[C@@H](O)C3)c3c2CCN(Cc2ccc(C)c(C)c2)C3)c1. The number of rotatable bonds is 6. The first-order valence-electron chi connectivity index (χ1n) is 12.9. The fourth-order valence-corrected chi connectivity index (χ4v) is 5.38. The second kappa shape index (κ2) is 10.4. The van der Waals surface area contributed by atoms with E-state index in [1.54, 1.807) is 12.0 Å². The molecule has 0 spiro atoms. The molecule has 0 bridgehead atoms. The molecule has 5 rings (SSSR count). The zero-order valence-corrected chi connectivity index (χ0v) is 21.5. The number of aliphatic hydroxyl groups excluding tert-OH is 1. The summed E-state index contributed by atoms with van der Waals surface area (Å²) in [7, 11) is 1.67. The van der Waals surface area contributed by atoms with Crippen molar-refractivity contribution in [3.8, 4) is 5.75 Å². The lowest BCUT2D eigenvalue weighted by molar-refractivity contribution is 0.0466. The quantitative estimate of drug-likeness (QED) is 0.573. The number of ether oxygens (including phenoxy) is 1. The molecule has 1 fully saturated rings. The number of likely N-dealkylation sites (tertiary alicyclic amines) is 1. The number of β-amino-alcohol motifs (C(OH)–C–C–N with tert-alkyl or cyclic N) is 1. The van der Waals surface area contributed by atoms with Crippen molar-refractivity contribution in [2.24, 2.45) is 0 Å². The van der Waals surface area contributed by atoms with E-state index in [9.17, 15) is 9.90 Å². The largest absolute Gasteiger partial charge is 0.497 e. The summed E-state index contributed by atoms with van der Waals surface area (Å²) in [5.41, 5.74) is 7.67. The molecule has 0 unspecified atom stereocenters. The van der Waals surface area contributed by atoms with Crippen LogP contribution >= 0.6 is 0 Å². The number of aromatic nitrogens is 2. The Bertz CT molecular complexity index is 1250. The highest BCUT2D eigenvalue weighted by Gasteiger charge is 2.32. The normalized spacial score (nSPS) is 18.2. The summed E-state index contributed by atoms with van der Waals surface area (Å²) < 4.78 is 7.41. The van der Waals surface area contributed by atoms with Crippen LogP contribution in [0.4, 0.5) is 0 Å². The minimum Gasteiger partial charge on any atom is -0.497 e. The van der Waals surface area contributed by atoms with Gasteiger partial charge in [-0.05, 0) is 61.1 Å². The van der Waals surface area contributed by atoms with Gasteiger partial charge >= 0.3 is 0 Å². The van der Waals surface area contributed by atoms with E-state index in [0.717, 1.165) is 54.9 Å². The number of hydrogen-bond acceptors (Lipinski definition) is 5. The maximum Gasteiger partial charge on any atom is 0.274 e. The summed E-state index contributed by atoms with van der Waals surface area (Å²) in [6, 6.07) is 14.6. The van der Waals surface area contributed by atoms with Crippen molar-refractivity contribution in [1.29, 1.82) is 0 Å². The molecule has 1 N–H and O–H groups in total. The van der Waals surface area contributed by atoms with Gasteiger partial charge in [-0.15, -0.1) is 0 Å². The Labute approximate surface area is 213 Å². The van der Waals surface area contributed by atoms with Crippen molar-refractivity contribution < 1.29 is 14.6 Å². The van der Waals surface area contributed by atoms with Crippen LogP contribution in [-0.4, -0.2) is 63.4 Å². The van der Waals surface area contributed by atoms with Crippen LogP contribution in [0.25, 0.3) is 0 Å². The summed E-state index contributed by atoms with van der Waals surface area (Å²) in [6.07, 6.45) is 1.94. The molecule has 3 aromatic rings. The van der Waals surface area contributed by atoms with Gasteiger partial charge in [-0.3, -0.25) is 14.4 Å². The standard InChI is InChI=1S/C29H36N4O3/c1-20-9-10-23(14-21(20)2)16-31-13-11-27-26(19-31)28(29(35)32-12-5-7-24(34)18-32)30-33(27)17-22-6-4-8-25(15-22)36-3/h4,6,8-10,14-15,24,34H,5,7,11-13,16-19H2,1-3H3/t24-/m1/s1. The molecule has 2 aliphatic heterocycles. The van der Waals surface area contributed by atoms with Crippen molar-refractivity contribution in [2.75, 3.05) is 26.7 Å². The van der Waals surface area contributed by atoms with Crippen LogP contribution in [-0.2, 0) is 26.1 Å². The predicted octanol–water partition coefficient (Wildman–Crippen LogP) is 3.71.